The summed E-state index contributed by atoms with van der Waals surface area (Å²) in [5, 5.41) is 4.68. The molecule has 1 aliphatic heterocycles. The summed E-state index contributed by atoms with van der Waals surface area (Å²) >= 11 is 12.4. The highest BCUT2D eigenvalue weighted by Crippen LogP contribution is 2.36. The van der Waals surface area contributed by atoms with Crippen molar-refractivity contribution < 1.29 is 13.9 Å². The van der Waals surface area contributed by atoms with Crippen LogP contribution in [0.4, 0.5) is 6.01 Å². The molecule has 1 N–H and O–H groups in total. The first-order chi connectivity index (χ1) is 16.1. The van der Waals surface area contributed by atoms with Gasteiger partial charge in [0.1, 0.15) is 28.5 Å². The molecule has 0 atom stereocenters. The summed E-state index contributed by atoms with van der Waals surface area (Å²) in [6, 6.07) is 12.5. The maximum Gasteiger partial charge on any atom is 0.295 e. The Bertz CT molecular complexity index is 1020. The number of nitrogens with zero attached hydrogens (tertiary/aromatic N) is 2. The lowest BCUT2D eigenvalue weighted by molar-refractivity contribution is 0.209. The van der Waals surface area contributed by atoms with Crippen LogP contribution in [0.3, 0.4) is 0 Å². The van der Waals surface area contributed by atoms with Crippen molar-refractivity contribution in [2.45, 2.75) is 39.3 Å². The van der Waals surface area contributed by atoms with E-state index in [0.717, 1.165) is 49.3 Å². The number of benzene rings is 2. The molecule has 1 aliphatic rings. The standard InChI is InChI=1S/C25H29Cl2N3O3/c1-3-31-22-13-17(14-23(24(22)27)32-4-2)15-30-11-9-20(10-12-30)28-25-29-21(16-33-25)18-5-7-19(26)8-6-18/h5-8,13-14,16,20H,3-4,9-12,15H2,1-2H3,(H,28,29). The predicted molar refractivity (Wildman–Crippen MR) is 133 cm³/mol. The molecule has 2 heterocycles. The fraction of sp³-hybridized carbons (Fsp3) is 0.400. The van der Waals surface area contributed by atoms with Crippen molar-refractivity contribution in [1.29, 1.82) is 0 Å². The number of ether oxygens (including phenoxy) is 2. The largest absolute Gasteiger partial charge is 0.492 e. The normalized spacial score (nSPS) is 14.9. The third kappa shape index (κ3) is 6.14. The van der Waals surface area contributed by atoms with Gasteiger partial charge in [-0.15, -0.1) is 0 Å². The zero-order valence-corrected chi connectivity index (χ0v) is 20.5. The molecule has 3 aromatic rings. The van der Waals surface area contributed by atoms with E-state index in [-0.39, 0.29) is 0 Å². The topological polar surface area (TPSA) is 59.8 Å². The summed E-state index contributed by atoms with van der Waals surface area (Å²) in [4.78, 5) is 7.01. The number of halogens is 2. The molecule has 4 rings (SSSR count). The lowest BCUT2D eigenvalue weighted by atomic mass is 10.0. The molecule has 33 heavy (non-hydrogen) atoms. The van der Waals surface area contributed by atoms with Crippen LogP contribution in [0.15, 0.2) is 47.1 Å². The van der Waals surface area contributed by atoms with Crippen LogP contribution in [0.2, 0.25) is 10.0 Å². The van der Waals surface area contributed by atoms with E-state index in [0.29, 0.717) is 46.8 Å². The Morgan fingerprint density at radius 3 is 2.27 bits per heavy atom. The number of rotatable bonds is 9. The van der Waals surface area contributed by atoms with Crippen LogP contribution in [-0.4, -0.2) is 42.2 Å². The van der Waals surface area contributed by atoms with Gasteiger partial charge < -0.3 is 19.2 Å². The van der Waals surface area contributed by atoms with Gasteiger partial charge in [0, 0.05) is 36.3 Å². The van der Waals surface area contributed by atoms with Crippen LogP contribution in [-0.2, 0) is 6.54 Å². The van der Waals surface area contributed by atoms with Crippen molar-refractivity contribution in [3.8, 4) is 22.8 Å². The number of piperidine rings is 1. The fourth-order valence-corrected chi connectivity index (χ4v) is 4.34. The molecule has 8 heteroatoms. The number of nitrogens with one attached hydrogen (secondary N) is 1. The molecule has 1 aromatic heterocycles. The molecule has 0 radical (unpaired) electrons. The Labute approximate surface area is 204 Å². The fourth-order valence-electron chi connectivity index (χ4n) is 4.00. The summed E-state index contributed by atoms with van der Waals surface area (Å²) in [6.07, 6.45) is 3.68. The monoisotopic (exact) mass is 489 g/mol. The quantitative estimate of drug-likeness (QED) is 0.369. The Kier molecular flexibility index (Phi) is 8.02. The highest BCUT2D eigenvalue weighted by molar-refractivity contribution is 6.33. The maximum atomic E-state index is 6.43. The van der Waals surface area contributed by atoms with E-state index in [1.54, 1.807) is 6.26 Å². The number of aromatic nitrogens is 1. The average Bonchev–Trinajstić information content (AvgIpc) is 3.27. The van der Waals surface area contributed by atoms with Gasteiger partial charge >= 0.3 is 0 Å². The predicted octanol–water partition coefficient (Wildman–Crippen LogP) is 6.52. The number of hydrogen-bond donors (Lipinski definition) is 1. The lowest BCUT2D eigenvalue weighted by Crippen LogP contribution is -2.38. The summed E-state index contributed by atoms with van der Waals surface area (Å²) in [6.45, 7) is 7.79. The van der Waals surface area contributed by atoms with Gasteiger partial charge in [-0.3, -0.25) is 4.90 Å². The summed E-state index contributed by atoms with van der Waals surface area (Å²) < 4.78 is 17.1. The minimum atomic E-state index is 0.321. The second-order valence-corrected chi connectivity index (χ2v) is 8.83. The Morgan fingerprint density at radius 1 is 1.03 bits per heavy atom. The summed E-state index contributed by atoms with van der Waals surface area (Å²) in [5.41, 5.74) is 2.91. The number of oxazole rings is 1. The van der Waals surface area contributed by atoms with Crippen LogP contribution in [0.5, 0.6) is 11.5 Å². The number of likely N-dealkylation sites (tertiary alicyclic amines) is 1. The smallest absolute Gasteiger partial charge is 0.295 e. The van der Waals surface area contributed by atoms with Gasteiger partial charge in [-0.25, -0.2) is 0 Å². The van der Waals surface area contributed by atoms with E-state index in [9.17, 15) is 0 Å². The Morgan fingerprint density at radius 2 is 1.67 bits per heavy atom. The van der Waals surface area contributed by atoms with Crippen LogP contribution in [0, 0.1) is 0 Å². The van der Waals surface area contributed by atoms with Gasteiger partial charge in [-0.2, -0.15) is 4.98 Å². The second-order valence-electron chi connectivity index (χ2n) is 8.01. The molecule has 0 amide bonds. The van der Waals surface area contributed by atoms with Crippen LogP contribution >= 0.6 is 23.2 Å². The van der Waals surface area contributed by atoms with E-state index >= 15 is 0 Å². The minimum Gasteiger partial charge on any atom is -0.492 e. The molecule has 0 spiro atoms. The maximum absolute atomic E-state index is 6.43. The van der Waals surface area contributed by atoms with Gasteiger partial charge in [0.25, 0.3) is 6.01 Å². The Hall–Kier alpha value is -2.41. The molecular weight excluding hydrogens is 461 g/mol. The molecule has 176 valence electrons. The molecule has 1 saturated heterocycles. The van der Waals surface area contributed by atoms with Gasteiger partial charge in [0.15, 0.2) is 0 Å². The van der Waals surface area contributed by atoms with E-state index in [4.69, 9.17) is 37.1 Å². The third-order valence-corrected chi connectivity index (χ3v) is 6.26. The van der Waals surface area contributed by atoms with Gasteiger partial charge in [0.05, 0.1) is 13.2 Å². The van der Waals surface area contributed by atoms with Crippen LogP contribution < -0.4 is 14.8 Å². The first-order valence-corrected chi connectivity index (χ1v) is 12.1. The van der Waals surface area contributed by atoms with Gasteiger partial charge in [-0.05, 0) is 56.5 Å². The minimum absolute atomic E-state index is 0.321. The molecule has 0 aliphatic carbocycles. The van der Waals surface area contributed by atoms with Crippen molar-refractivity contribution in [1.82, 2.24) is 9.88 Å². The van der Waals surface area contributed by atoms with Crippen molar-refractivity contribution >= 4 is 29.2 Å². The lowest BCUT2D eigenvalue weighted by Gasteiger charge is -2.32. The molecule has 0 bridgehead atoms. The van der Waals surface area contributed by atoms with E-state index in [2.05, 4.69) is 15.2 Å². The van der Waals surface area contributed by atoms with E-state index in [1.165, 1.54) is 0 Å². The number of anilines is 1. The van der Waals surface area contributed by atoms with Crippen LogP contribution in [0.1, 0.15) is 32.3 Å². The second kappa shape index (κ2) is 11.1. The van der Waals surface area contributed by atoms with Crippen molar-refractivity contribution in [3.05, 3.63) is 58.3 Å². The molecule has 2 aromatic carbocycles. The average molecular weight is 490 g/mol. The SMILES string of the molecule is CCOc1cc(CN2CCC(Nc3nc(-c4ccc(Cl)cc4)co3)CC2)cc(OCC)c1Cl. The van der Waals surface area contributed by atoms with E-state index < -0.39 is 0 Å². The van der Waals surface area contributed by atoms with Crippen molar-refractivity contribution in [2.75, 3.05) is 31.6 Å². The first-order valence-electron chi connectivity index (χ1n) is 11.3. The molecule has 6 nitrogen and oxygen atoms in total. The zero-order valence-electron chi connectivity index (χ0n) is 18.9. The zero-order chi connectivity index (χ0) is 23.2. The highest BCUT2D eigenvalue weighted by Gasteiger charge is 2.22. The summed E-state index contributed by atoms with van der Waals surface area (Å²) in [5.74, 6) is 1.36. The molecular formula is C25H29Cl2N3O3. The molecule has 0 saturated carbocycles. The van der Waals surface area contributed by atoms with Gasteiger partial charge in [0.2, 0.25) is 0 Å². The van der Waals surface area contributed by atoms with E-state index in [1.807, 2.05) is 50.2 Å². The number of hydrogen-bond acceptors (Lipinski definition) is 6. The first kappa shape index (κ1) is 23.7. The van der Waals surface area contributed by atoms with Crippen molar-refractivity contribution in [2.24, 2.45) is 0 Å². The van der Waals surface area contributed by atoms with Crippen LogP contribution in [0.25, 0.3) is 11.3 Å². The van der Waals surface area contributed by atoms with Crippen molar-refractivity contribution in [3.63, 3.8) is 0 Å². The third-order valence-electron chi connectivity index (χ3n) is 5.63. The molecule has 1 fully saturated rings. The Balaban J connectivity index is 1.33. The van der Waals surface area contributed by atoms with Gasteiger partial charge in [-0.1, -0.05) is 35.3 Å². The summed E-state index contributed by atoms with van der Waals surface area (Å²) in [7, 11) is 0. The molecule has 0 unspecified atom stereocenters. The highest BCUT2D eigenvalue weighted by atomic mass is 35.5.